The molecule has 5 heteroatoms. The van der Waals surface area contributed by atoms with Crippen LogP contribution < -0.4 is 5.56 Å². The highest BCUT2D eigenvalue weighted by atomic mass is 16.5. The van der Waals surface area contributed by atoms with Gasteiger partial charge in [0, 0.05) is 0 Å². The molecule has 0 aliphatic heterocycles. The second-order valence-electron chi connectivity index (χ2n) is 5.38. The highest BCUT2D eigenvalue weighted by molar-refractivity contribution is 5.89. The molecular weight excluding hydrogens is 292 g/mol. The number of hydrogen-bond acceptors (Lipinski definition) is 4. The fraction of sp³-hybridized carbons (Fsp3) is 0.167. The number of H-pyrrole nitrogens is 1. The molecule has 1 aromatic heterocycles. The van der Waals surface area contributed by atoms with Crippen LogP contribution >= 0.6 is 0 Å². The number of rotatable bonds is 3. The molecule has 0 unspecified atom stereocenters. The number of aromatic nitrogens is 2. The van der Waals surface area contributed by atoms with Gasteiger partial charge in [0.2, 0.25) is 0 Å². The molecule has 23 heavy (non-hydrogen) atoms. The fourth-order valence-corrected chi connectivity index (χ4v) is 2.27. The largest absolute Gasteiger partial charge is 0.451 e. The van der Waals surface area contributed by atoms with Crippen LogP contribution in [-0.4, -0.2) is 15.9 Å². The molecule has 0 saturated carbocycles. The quantitative estimate of drug-likeness (QED) is 0.754. The van der Waals surface area contributed by atoms with Crippen molar-refractivity contribution in [3.05, 3.63) is 75.8 Å². The molecule has 0 aliphatic carbocycles. The van der Waals surface area contributed by atoms with Gasteiger partial charge in [-0.3, -0.25) is 4.79 Å². The number of nitrogens with zero attached hydrogens (tertiary/aromatic N) is 1. The number of carbonyl (C=O) groups is 1. The van der Waals surface area contributed by atoms with E-state index in [1.54, 1.807) is 37.3 Å². The van der Waals surface area contributed by atoms with Crippen molar-refractivity contribution in [3.8, 4) is 0 Å². The predicted molar refractivity (Wildman–Crippen MR) is 87.4 cm³/mol. The maximum atomic E-state index is 12.1. The lowest BCUT2D eigenvalue weighted by atomic mass is 10.1. The van der Waals surface area contributed by atoms with E-state index in [1.807, 2.05) is 25.1 Å². The number of carbonyl (C=O) groups excluding carboxylic acids is 1. The second kappa shape index (κ2) is 6.04. The number of aromatic amines is 1. The molecule has 1 heterocycles. The summed E-state index contributed by atoms with van der Waals surface area (Å²) in [6, 6.07) is 14.1. The van der Waals surface area contributed by atoms with Gasteiger partial charge >= 0.3 is 5.97 Å². The van der Waals surface area contributed by atoms with Crippen LogP contribution in [0, 0.1) is 6.92 Å². The van der Waals surface area contributed by atoms with Gasteiger partial charge in [0.15, 0.2) is 11.9 Å². The fourth-order valence-electron chi connectivity index (χ4n) is 2.27. The summed E-state index contributed by atoms with van der Waals surface area (Å²) in [5.74, 6) is -0.123. The minimum Gasteiger partial charge on any atom is -0.451 e. The Labute approximate surface area is 133 Å². The van der Waals surface area contributed by atoms with E-state index in [-0.39, 0.29) is 5.56 Å². The average Bonchev–Trinajstić information content (AvgIpc) is 2.55. The summed E-state index contributed by atoms with van der Waals surface area (Å²) in [6.45, 7) is 3.63. The van der Waals surface area contributed by atoms with Crippen molar-refractivity contribution in [2.24, 2.45) is 0 Å². The SMILES string of the molecule is Cc1ccc(C(=O)O[C@H](C)c2nc3ccccc3c(=O)[nH]2)cc1. The first-order valence-corrected chi connectivity index (χ1v) is 7.31. The van der Waals surface area contributed by atoms with Crippen LogP contribution in [-0.2, 0) is 4.74 Å². The van der Waals surface area contributed by atoms with Crippen molar-refractivity contribution in [1.29, 1.82) is 0 Å². The van der Waals surface area contributed by atoms with Gasteiger partial charge in [0.05, 0.1) is 16.5 Å². The topological polar surface area (TPSA) is 72.0 Å². The summed E-state index contributed by atoms with van der Waals surface area (Å²) in [4.78, 5) is 31.2. The average molecular weight is 308 g/mol. The Bertz CT molecular complexity index is 913. The molecule has 3 aromatic rings. The highest BCUT2D eigenvalue weighted by Gasteiger charge is 2.16. The zero-order valence-electron chi connectivity index (χ0n) is 12.9. The Balaban J connectivity index is 1.85. The van der Waals surface area contributed by atoms with Crippen molar-refractivity contribution < 1.29 is 9.53 Å². The lowest BCUT2D eigenvalue weighted by Gasteiger charge is -2.13. The van der Waals surface area contributed by atoms with Gasteiger partial charge in [0.25, 0.3) is 5.56 Å². The van der Waals surface area contributed by atoms with Gasteiger partial charge in [-0.1, -0.05) is 29.8 Å². The molecule has 0 radical (unpaired) electrons. The van der Waals surface area contributed by atoms with Gasteiger partial charge in [-0.25, -0.2) is 9.78 Å². The maximum absolute atomic E-state index is 12.1. The second-order valence-corrected chi connectivity index (χ2v) is 5.38. The molecule has 0 spiro atoms. The van der Waals surface area contributed by atoms with E-state index in [4.69, 9.17) is 4.74 Å². The molecule has 0 aliphatic rings. The standard InChI is InChI=1S/C18H16N2O3/c1-11-7-9-13(10-8-11)18(22)23-12(2)16-19-15-6-4-3-5-14(15)17(21)20-16/h3-10,12H,1-2H3,(H,19,20,21)/t12-/m1/s1. The van der Waals surface area contributed by atoms with Crippen LogP contribution in [0.25, 0.3) is 10.9 Å². The van der Waals surface area contributed by atoms with Crippen LogP contribution in [0.1, 0.15) is 34.8 Å². The minimum absolute atomic E-state index is 0.246. The Morgan fingerprint density at radius 2 is 1.83 bits per heavy atom. The first-order chi connectivity index (χ1) is 11.0. The number of ether oxygens (including phenoxy) is 1. The van der Waals surface area contributed by atoms with E-state index in [1.165, 1.54) is 0 Å². The third-order valence-corrected chi connectivity index (χ3v) is 3.59. The molecule has 0 bridgehead atoms. The van der Waals surface area contributed by atoms with Gasteiger partial charge in [0.1, 0.15) is 0 Å². The lowest BCUT2D eigenvalue weighted by Crippen LogP contribution is -2.17. The maximum Gasteiger partial charge on any atom is 0.338 e. The third kappa shape index (κ3) is 3.13. The molecule has 5 nitrogen and oxygen atoms in total. The summed E-state index contributed by atoms with van der Waals surface area (Å²) in [5, 5.41) is 0.508. The number of nitrogens with one attached hydrogen (secondary N) is 1. The number of esters is 1. The first-order valence-electron chi connectivity index (χ1n) is 7.31. The van der Waals surface area contributed by atoms with Crippen LogP contribution in [0.5, 0.6) is 0 Å². The van der Waals surface area contributed by atoms with Crippen molar-refractivity contribution in [2.45, 2.75) is 20.0 Å². The number of hydrogen-bond donors (Lipinski definition) is 1. The van der Waals surface area contributed by atoms with E-state index >= 15 is 0 Å². The van der Waals surface area contributed by atoms with Gasteiger partial charge in [-0.2, -0.15) is 0 Å². The van der Waals surface area contributed by atoms with Crippen molar-refractivity contribution in [3.63, 3.8) is 0 Å². The van der Waals surface area contributed by atoms with Crippen molar-refractivity contribution in [2.75, 3.05) is 0 Å². The van der Waals surface area contributed by atoms with Crippen molar-refractivity contribution in [1.82, 2.24) is 9.97 Å². The zero-order valence-corrected chi connectivity index (χ0v) is 12.9. The molecule has 3 rings (SSSR count). The van der Waals surface area contributed by atoms with E-state index in [0.717, 1.165) is 5.56 Å². The van der Waals surface area contributed by atoms with E-state index in [9.17, 15) is 9.59 Å². The summed E-state index contributed by atoms with van der Waals surface area (Å²) in [5.41, 5.74) is 1.86. The monoisotopic (exact) mass is 308 g/mol. The Hall–Kier alpha value is -2.95. The molecule has 1 N–H and O–H groups in total. The lowest BCUT2D eigenvalue weighted by molar-refractivity contribution is 0.0320. The number of aryl methyl sites for hydroxylation is 1. The predicted octanol–water partition coefficient (Wildman–Crippen LogP) is 3.15. The summed E-state index contributed by atoms with van der Waals surface area (Å²) < 4.78 is 5.39. The number of benzene rings is 2. The minimum atomic E-state index is -0.652. The molecule has 116 valence electrons. The third-order valence-electron chi connectivity index (χ3n) is 3.59. The van der Waals surface area contributed by atoms with E-state index < -0.39 is 12.1 Å². The Kier molecular flexibility index (Phi) is 3.93. The molecule has 0 amide bonds. The van der Waals surface area contributed by atoms with Crippen LogP contribution in [0.2, 0.25) is 0 Å². The highest BCUT2D eigenvalue weighted by Crippen LogP contribution is 2.16. The molecule has 0 saturated heterocycles. The van der Waals surface area contributed by atoms with Crippen LogP contribution in [0.15, 0.2) is 53.3 Å². The van der Waals surface area contributed by atoms with Gasteiger partial charge < -0.3 is 9.72 Å². The number of fused-ring (bicyclic) bond motifs is 1. The Morgan fingerprint density at radius 1 is 1.13 bits per heavy atom. The molecule has 1 atom stereocenters. The zero-order chi connectivity index (χ0) is 16.4. The van der Waals surface area contributed by atoms with Crippen LogP contribution in [0.4, 0.5) is 0 Å². The van der Waals surface area contributed by atoms with E-state index in [2.05, 4.69) is 9.97 Å². The normalized spacial score (nSPS) is 12.1. The van der Waals surface area contributed by atoms with E-state index in [0.29, 0.717) is 22.3 Å². The molecule has 2 aromatic carbocycles. The molecule has 0 fully saturated rings. The Morgan fingerprint density at radius 3 is 2.57 bits per heavy atom. The smallest absolute Gasteiger partial charge is 0.338 e. The van der Waals surface area contributed by atoms with Crippen LogP contribution in [0.3, 0.4) is 0 Å². The summed E-state index contributed by atoms with van der Waals surface area (Å²) >= 11 is 0. The van der Waals surface area contributed by atoms with Crippen molar-refractivity contribution >= 4 is 16.9 Å². The first kappa shape index (κ1) is 15.0. The summed E-state index contributed by atoms with van der Waals surface area (Å²) in [6.07, 6.45) is -0.652. The summed E-state index contributed by atoms with van der Waals surface area (Å²) in [7, 11) is 0. The van der Waals surface area contributed by atoms with Gasteiger partial charge in [-0.05, 0) is 38.1 Å². The molecular formula is C18H16N2O3. The van der Waals surface area contributed by atoms with Gasteiger partial charge in [-0.15, -0.1) is 0 Å². The number of para-hydroxylation sites is 1.